The van der Waals surface area contributed by atoms with Gasteiger partial charge < -0.3 is 9.73 Å². The molecule has 0 aliphatic rings. The van der Waals surface area contributed by atoms with Crippen molar-refractivity contribution in [1.82, 2.24) is 0 Å². The molecule has 1 atom stereocenters. The second-order valence-corrected chi connectivity index (χ2v) is 5.22. The van der Waals surface area contributed by atoms with Crippen LogP contribution in [0.1, 0.15) is 12.7 Å². The summed E-state index contributed by atoms with van der Waals surface area (Å²) in [5, 5.41) is 13.9. The van der Waals surface area contributed by atoms with Crippen molar-refractivity contribution in [1.29, 1.82) is 0 Å². The normalized spacial score (nSPS) is 12.2. The van der Waals surface area contributed by atoms with E-state index in [9.17, 15) is 14.5 Å². The van der Waals surface area contributed by atoms with Crippen molar-refractivity contribution in [2.75, 3.05) is 5.32 Å². The molecule has 0 bridgehead atoms. The fraction of sp³-hybridized carbons (Fsp3) is 0.231. The molecule has 20 heavy (non-hydrogen) atoms. The minimum Gasteiger partial charge on any atom is -0.469 e. The van der Waals surface area contributed by atoms with Crippen LogP contribution < -0.4 is 5.32 Å². The maximum Gasteiger partial charge on any atom is 0.293 e. The van der Waals surface area contributed by atoms with Gasteiger partial charge in [-0.05, 0) is 35.0 Å². The van der Waals surface area contributed by atoms with E-state index in [0.717, 1.165) is 17.9 Å². The third-order valence-electron chi connectivity index (χ3n) is 2.72. The second kappa shape index (κ2) is 6.04. The Kier molecular flexibility index (Phi) is 4.39. The Labute approximate surface area is 123 Å². The topological polar surface area (TPSA) is 68.3 Å². The van der Waals surface area contributed by atoms with E-state index >= 15 is 0 Å². The van der Waals surface area contributed by atoms with E-state index in [2.05, 4.69) is 21.2 Å². The van der Waals surface area contributed by atoms with Gasteiger partial charge in [0, 0.05) is 24.6 Å². The van der Waals surface area contributed by atoms with Gasteiger partial charge in [-0.3, -0.25) is 10.1 Å². The van der Waals surface area contributed by atoms with Crippen LogP contribution in [0.3, 0.4) is 0 Å². The molecule has 2 aromatic rings. The largest absolute Gasteiger partial charge is 0.469 e. The number of nitro groups is 1. The second-order valence-electron chi connectivity index (χ2n) is 4.37. The third-order valence-corrected chi connectivity index (χ3v) is 3.33. The van der Waals surface area contributed by atoms with Crippen LogP contribution in [0, 0.1) is 15.9 Å². The molecule has 1 unspecified atom stereocenters. The van der Waals surface area contributed by atoms with E-state index in [4.69, 9.17) is 4.42 Å². The van der Waals surface area contributed by atoms with Crippen LogP contribution in [-0.4, -0.2) is 11.0 Å². The van der Waals surface area contributed by atoms with Gasteiger partial charge >= 0.3 is 0 Å². The first-order valence-electron chi connectivity index (χ1n) is 5.89. The number of nitro benzene ring substituents is 1. The van der Waals surface area contributed by atoms with Gasteiger partial charge in [0.1, 0.15) is 17.3 Å². The van der Waals surface area contributed by atoms with E-state index < -0.39 is 10.7 Å². The smallest absolute Gasteiger partial charge is 0.293 e. The van der Waals surface area contributed by atoms with Crippen molar-refractivity contribution >= 4 is 27.3 Å². The van der Waals surface area contributed by atoms with Crippen molar-refractivity contribution in [2.24, 2.45) is 0 Å². The first-order valence-corrected chi connectivity index (χ1v) is 6.69. The van der Waals surface area contributed by atoms with Crippen molar-refractivity contribution in [3.63, 3.8) is 0 Å². The SMILES string of the molecule is CC(Cc1ccco1)Nc1cc(F)c(Br)cc1[N+](=O)[O-]. The first kappa shape index (κ1) is 14.5. The summed E-state index contributed by atoms with van der Waals surface area (Å²) in [4.78, 5) is 10.4. The Morgan fingerprint density at radius 1 is 1.55 bits per heavy atom. The molecular formula is C13H12BrFN2O3. The summed E-state index contributed by atoms with van der Waals surface area (Å²) in [6, 6.07) is 5.71. The number of rotatable bonds is 5. The molecule has 0 radical (unpaired) electrons. The third kappa shape index (κ3) is 3.36. The fourth-order valence-corrected chi connectivity index (χ4v) is 2.18. The average molecular weight is 343 g/mol. The number of halogens is 2. The van der Waals surface area contributed by atoms with Crippen molar-refractivity contribution in [3.05, 3.63) is 56.7 Å². The molecule has 0 spiro atoms. The van der Waals surface area contributed by atoms with Gasteiger partial charge in [-0.2, -0.15) is 0 Å². The molecule has 0 amide bonds. The minimum atomic E-state index is -0.553. The summed E-state index contributed by atoms with van der Waals surface area (Å²) in [6.07, 6.45) is 2.10. The molecule has 0 fully saturated rings. The highest BCUT2D eigenvalue weighted by Crippen LogP contribution is 2.31. The number of furan rings is 1. The molecule has 0 aliphatic carbocycles. The van der Waals surface area contributed by atoms with Crippen LogP contribution in [0.25, 0.3) is 0 Å². The number of hydrogen-bond acceptors (Lipinski definition) is 4. The Balaban J connectivity index is 2.19. The molecule has 1 aromatic heterocycles. The quantitative estimate of drug-likeness (QED) is 0.655. The highest BCUT2D eigenvalue weighted by Gasteiger charge is 2.19. The molecule has 7 heteroatoms. The Bertz CT molecular complexity index is 616. The molecule has 1 heterocycles. The standard InChI is InChI=1S/C13H12BrFN2O3/c1-8(5-9-3-2-4-20-9)16-12-7-11(15)10(14)6-13(12)17(18)19/h2-4,6-8,16H,5H2,1H3. The number of hydrogen-bond donors (Lipinski definition) is 1. The van der Waals surface area contributed by atoms with Crippen molar-refractivity contribution < 1.29 is 13.7 Å². The number of anilines is 1. The minimum absolute atomic E-state index is 0.0634. The lowest BCUT2D eigenvalue weighted by atomic mass is 10.1. The molecule has 0 saturated heterocycles. The van der Waals surface area contributed by atoms with E-state index in [1.807, 2.05) is 13.0 Å². The highest BCUT2D eigenvalue weighted by molar-refractivity contribution is 9.10. The van der Waals surface area contributed by atoms with Gasteiger partial charge in [0.25, 0.3) is 5.69 Å². The molecule has 0 saturated carbocycles. The molecule has 0 aliphatic heterocycles. The lowest BCUT2D eigenvalue weighted by Crippen LogP contribution is -2.18. The van der Waals surface area contributed by atoms with Crippen LogP contribution in [0.2, 0.25) is 0 Å². The maximum absolute atomic E-state index is 13.5. The van der Waals surface area contributed by atoms with Gasteiger partial charge in [0.05, 0.1) is 15.7 Å². The van der Waals surface area contributed by atoms with E-state index in [0.29, 0.717) is 6.42 Å². The molecule has 106 valence electrons. The molecule has 1 N–H and O–H groups in total. The van der Waals surface area contributed by atoms with Crippen LogP contribution >= 0.6 is 15.9 Å². The molecule has 2 rings (SSSR count). The van der Waals surface area contributed by atoms with Gasteiger partial charge in [-0.1, -0.05) is 0 Å². The zero-order valence-corrected chi connectivity index (χ0v) is 12.2. The monoisotopic (exact) mass is 342 g/mol. The fourth-order valence-electron chi connectivity index (χ4n) is 1.85. The predicted octanol–water partition coefficient (Wildman–Crippen LogP) is 4.13. The predicted molar refractivity (Wildman–Crippen MR) is 76.3 cm³/mol. The highest BCUT2D eigenvalue weighted by atomic mass is 79.9. The first-order chi connectivity index (χ1) is 9.47. The Hall–Kier alpha value is -1.89. The zero-order valence-electron chi connectivity index (χ0n) is 10.6. The Morgan fingerprint density at radius 3 is 2.90 bits per heavy atom. The summed E-state index contributed by atoms with van der Waals surface area (Å²) in [7, 11) is 0. The van der Waals surface area contributed by atoms with Gasteiger partial charge in [0.2, 0.25) is 0 Å². The van der Waals surface area contributed by atoms with Gasteiger partial charge in [-0.25, -0.2) is 4.39 Å². The van der Waals surface area contributed by atoms with Crippen LogP contribution in [0.15, 0.2) is 39.4 Å². The maximum atomic E-state index is 13.5. The lowest BCUT2D eigenvalue weighted by Gasteiger charge is -2.14. The summed E-state index contributed by atoms with van der Waals surface area (Å²) in [5.74, 6) is 0.202. The summed E-state index contributed by atoms with van der Waals surface area (Å²) < 4.78 is 18.8. The molecule has 1 aromatic carbocycles. The molecular weight excluding hydrogens is 331 g/mol. The van der Waals surface area contributed by atoms with Crippen LogP contribution in [0.4, 0.5) is 15.8 Å². The molecule has 5 nitrogen and oxygen atoms in total. The van der Waals surface area contributed by atoms with Gasteiger partial charge in [-0.15, -0.1) is 0 Å². The van der Waals surface area contributed by atoms with Gasteiger partial charge in [0.15, 0.2) is 0 Å². The Morgan fingerprint density at radius 2 is 2.30 bits per heavy atom. The summed E-state index contributed by atoms with van der Waals surface area (Å²) >= 11 is 2.94. The average Bonchev–Trinajstić information content (AvgIpc) is 2.85. The van der Waals surface area contributed by atoms with Crippen LogP contribution in [-0.2, 0) is 6.42 Å². The number of benzene rings is 1. The summed E-state index contributed by atoms with van der Waals surface area (Å²) in [5.41, 5.74) is -0.0284. The number of nitrogens with one attached hydrogen (secondary N) is 1. The van der Waals surface area contributed by atoms with Crippen molar-refractivity contribution in [2.45, 2.75) is 19.4 Å². The summed E-state index contributed by atoms with van der Waals surface area (Å²) in [6.45, 7) is 1.84. The lowest BCUT2D eigenvalue weighted by molar-refractivity contribution is -0.384. The van der Waals surface area contributed by atoms with E-state index in [-0.39, 0.29) is 21.9 Å². The zero-order chi connectivity index (χ0) is 14.7. The number of nitrogens with zero attached hydrogens (tertiary/aromatic N) is 1. The van der Waals surface area contributed by atoms with Crippen LogP contribution in [0.5, 0.6) is 0 Å². The van der Waals surface area contributed by atoms with E-state index in [1.165, 1.54) is 0 Å². The van der Waals surface area contributed by atoms with E-state index in [1.54, 1.807) is 12.3 Å². The van der Waals surface area contributed by atoms with Crippen molar-refractivity contribution in [3.8, 4) is 0 Å².